The van der Waals surface area contributed by atoms with Gasteiger partial charge >= 0.3 is 0 Å². The minimum absolute atomic E-state index is 1.04. The topological polar surface area (TPSA) is 15.6 Å². The lowest BCUT2D eigenvalue weighted by Gasteiger charge is -2.25. The van der Waals surface area contributed by atoms with Gasteiger partial charge in [-0.05, 0) is 25.5 Å². The monoisotopic (exact) mass is 164 g/mol. The van der Waals surface area contributed by atoms with Crippen LogP contribution in [0.2, 0.25) is 0 Å². The standard InChI is InChI=1S/C10H16N2/c1-12-7-5-10-9(8-12)4-2-3-6-11-10/h4H,2-3,5-8H2,1H3. The molecule has 0 atom stereocenters. The van der Waals surface area contributed by atoms with Crippen LogP contribution in [0.25, 0.3) is 0 Å². The van der Waals surface area contributed by atoms with E-state index in [1.807, 2.05) is 0 Å². The lowest BCUT2D eigenvalue weighted by atomic mass is 10.0. The van der Waals surface area contributed by atoms with Crippen LogP contribution in [0.5, 0.6) is 0 Å². The van der Waals surface area contributed by atoms with Crippen LogP contribution in [0.15, 0.2) is 16.6 Å². The van der Waals surface area contributed by atoms with Gasteiger partial charge in [-0.1, -0.05) is 6.08 Å². The van der Waals surface area contributed by atoms with Gasteiger partial charge in [0.2, 0.25) is 0 Å². The van der Waals surface area contributed by atoms with Crippen LogP contribution >= 0.6 is 0 Å². The summed E-state index contributed by atoms with van der Waals surface area (Å²) in [5, 5.41) is 0. The summed E-state index contributed by atoms with van der Waals surface area (Å²) >= 11 is 0. The zero-order valence-corrected chi connectivity index (χ0v) is 7.71. The third kappa shape index (κ3) is 1.58. The average Bonchev–Trinajstić information content (AvgIpc) is 2.28. The summed E-state index contributed by atoms with van der Waals surface area (Å²) in [7, 11) is 2.18. The number of nitrogens with zero attached hydrogens (tertiary/aromatic N) is 2. The largest absolute Gasteiger partial charge is 0.302 e. The lowest BCUT2D eigenvalue weighted by molar-refractivity contribution is 0.364. The Bertz CT molecular complexity index is 228. The van der Waals surface area contributed by atoms with Crippen LogP contribution in [0, 0.1) is 0 Å². The van der Waals surface area contributed by atoms with Crippen molar-refractivity contribution in [1.29, 1.82) is 0 Å². The molecule has 2 aliphatic rings. The SMILES string of the molecule is CN1CCC2=NCCCC=C2C1. The van der Waals surface area contributed by atoms with Gasteiger partial charge in [0, 0.05) is 31.8 Å². The van der Waals surface area contributed by atoms with Gasteiger partial charge in [-0.2, -0.15) is 0 Å². The van der Waals surface area contributed by atoms with Gasteiger partial charge in [-0.3, -0.25) is 4.99 Å². The van der Waals surface area contributed by atoms with Gasteiger partial charge in [0.15, 0.2) is 0 Å². The van der Waals surface area contributed by atoms with Crippen LogP contribution in [0.1, 0.15) is 19.3 Å². The Morgan fingerprint density at radius 2 is 2.42 bits per heavy atom. The van der Waals surface area contributed by atoms with Crippen molar-refractivity contribution in [2.75, 3.05) is 26.7 Å². The van der Waals surface area contributed by atoms with Crippen LogP contribution in [-0.4, -0.2) is 37.3 Å². The van der Waals surface area contributed by atoms with Gasteiger partial charge < -0.3 is 4.90 Å². The third-order valence-corrected chi connectivity index (χ3v) is 2.60. The van der Waals surface area contributed by atoms with E-state index in [-0.39, 0.29) is 0 Å². The molecule has 12 heavy (non-hydrogen) atoms. The van der Waals surface area contributed by atoms with Gasteiger partial charge in [-0.15, -0.1) is 0 Å². The zero-order chi connectivity index (χ0) is 8.39. The molecule has 0 amide bonds. The highest BCUT2D eigenvalue weighted by atomic mass is 15.1. The molecule has 0 bridgehead atoms. The molecule has 0 radical (unpaired) electrons. The Balaban J connectivity index is 2.17. The second-order valence-corrected chi connectivity index (χ2v) is 3.69. The first-order chi connectivity index (χ1) is 5.86. The molecule has 2 nitrogen and oxygen atoms in total. The van der Waals surface area contributed by atoms with Gasteiger partial charge in [0.1, 0.15) is 0 Å². The summed E-state index contributed by atoms with van der Waals surface area (Å²) < 4.78 is 0. The molecular weight excluding hydrogens is 148 g/mol. The summed E-state index contributed by atoms with van der Waals surface area (Å²) in [6.45, 7) is 3.33. The van der Waals surface area contributed by atoms with Crippen molar-refractivity contribution in [1.82, 2.24) is 4.90 Å². The molecule has 2 rings (SSSR count). The summed E-state index contributed by atoms with van der Waals surface area (Å²) in [5.74, 6) is 0. The molecule has 0 aromatic heterocycles. The van der Waals surface area contributed by atoms with Crippen molar-refractivity contribution in [2.24, 2.45) is 4.99 Å². The molecule has 0 aromatic carbocycles. The molecule has 1 fully saturated rings. The first kappa shape index (κ1) is 7.99. The molecule has 0 saturated carbocycles. The van der Waals surface area contributed by atoms with Crippen LogP contribution in [0.3, 0.4) is 0 Å². The smallest absolute Gasteiger partial charge is 0.0402 e. The molecule has 0 unspecified atom stereocenters. The van der Waals surface area contributed by atoms with E-state index in [2.05, 4.69) is 23.0 Å². The van der Waals surface area contributed by atoms with E-state index < -0.39 is 0 Å². The van der Waals surface area contributed by atoms with E-state index in [0.29, 0.717) is 0 Å². The highest BCUT2D eigenvalue weighted by molar-refractivity contribution is 6.01. The first-order valence-electron chi connectivity index (χ1n) is 4.77. The Morgan fingerprint density at radius 1 is 1.50 bits per heavy atom. The number of likely N-dealkylation sites (N-methyl/N-ethyl adjacent to an activating group) is 1. The number of hydrogen-bond donors (Lipinski definition) is 0. The fourth-order valence-electron chi connectivity index (χ4n) is 1.86. The van der Waals surface area contributed by atoms with Crippen LogP contribution in [0.4, 0.5) is 0 Å². The maximum Gasteiger partial charge on any atom is 0.0402 e. The normalized spacial score (nSPS) is 25.4. The van der Waals surface area contributed by atoms with Crippen molar-refractivity contribution in [3.05, 3.63) is 11.6 Å². The molecule has 2 heterocycles. The molecular formula is C10H16N2. The minimum Gasteiger partial charge on any atom is -0.302 e. The van der Waals surface area contributed by atoms with Crippen molar-refractivity contribution in [3.8, 4) is 0 Å². The molecule has 0 N–H and O–H groups in total. The van der Waals surface area contributed by atoms with Gasteiger partial charge in [0.25, 0.3) is 0 Å². The predicted molar refractivity (Wildman–Crippen MR) is 51.7 cm³/mol. The fourth-order valence-corrected chi connectivity index (χ4v) is 1.86. The molecule has 0 spiro atoms. The van der Waals surface area contributed by atoms with Gasteiger partial charge in [-0.25, -0.2) is 0 Å². The number of rotatable bonds is 0. The quantitative estimate of drug-likeness (QED) is 0.529. The first-order valence-corrected chi connectivity index (χ1v) is 4.77. The summed E-state index contributed by atoms with van der Waals surface area (Å²) in [4.78, 5) is 6.97. The maximum atomic E-state index is 4.60. The second-order valence-electron chi connectivity index (χ2n) is 3.69. The summed E-state index contributed by atoms with van der Waals surface area (Å²) in [6.07, 6.45) is 5.98. The van der Waals surface area contributed by atoms with Gasteiger partial charge in [0.05, 0.1) is 0 Å². The summed E-state index contributed by atoms with van der Waals surface area (Å²) in [5.41, 5.74) is 2.87. The molecule has 0 aromatic rings. The van der Waals surface area contributed by atoms with Crippen LogP contribution in [-0.2, 0) is 0 Å². The molecule has 1 saturated heterocycles. The Hall–Kier alpha value is -0.630. The molecule has 2 heteroatoms. The van der Waals surface area contributed by atoms with E-state index in [1.165, 1.54) is 30.7 Å². The third-order valence-electron chi connectivity index (χ3n) is 2.60. The van der Waals surface area contributed by atoms with Crippen molar-refractivity contribution in [3.63, 3.8) is 0 Å². The predicted octanol–water partition coefficient (Wildman–Crippen LogP) is 1.48. The Morgan fingerprint density at radius 3 is 3.33 bits per heavy atom. The number of fused-ring (bicyclic) bond motifs is 1. The highest BCUT2D eigenvalue weighted by Gasteiger charge is 2.17. The average molecular weight is 164 g/mol. The van der Waals surface area contributed by atoms with E-state index in [1.54, 1.807) is 0 Å². The fraction of sp³-hybridized carbons (Fsp3) is 0.700. The Labute approximate surface area is 74.0 Å². The maximum absolute atomic E-state index is 4.60. The number of aliphatic imine (C=N–C) groups is 1. The molecule has 0 aliphatic carbocycles. The van der Waals surface area contributed by atoms with Crippen molar-refractivity contribution in [2.45, 2.75) is 19.3 Å². The minimum atomic E-state index is 1.04. The molecule has 2 aliphatic heterocycles. The number of piperidine rings is 1. The molecule has 66 valence electrons. The van der Waals surface area contributed by atoms with Crippen molar-refractivity contribution >= 4 is 5.71 Å². The van der Waals surface area contributed by atoms with E-state index in [9.17, 15) is 0 Å². The number of allylic oxidation sites excluding steroid dienone is 1. The Kier molecular flexibility index (Phi) is 2.26. The van der Waals surface area contributed by atoms with Crippen LogP contribution < -0.4 is 0 Å². The van der Waals surface area contributed by atoms with E-state index in [0.717, 1.165) is 19.5 Å². The second kappa shape index (κ2) is 3.40. The van der Waals surface area contributed by atoms with E-state index in [4.69, 9.17) is 0 Å². The number of likely N-dealkylation sites (tertiary alicyclic amines) is 1. The lowest BCUT2D eigenvalue weighted by Crippen LogP contribution is -2.32. The summed E-state index contributed by atoms with van der Waals surface area (Å²) in [6, 6.07) is 0. The van der Waals surface area contributed by atoms with Crippen molar-refractivity contribution < 1.29 is 0 Å². The highest BCUT2D eigenvalue weighted by Crippen LogP contribution is 2.16. The number of hydrogen-bond acceptors (Lipinski definition) is 2. The van der Waals surface area contributed by atoms with E-state index >= 15 is 0 Å². The zero-order valence-electron chi connectivity index (χ0n) is 7.71.